The Hall–Kier alpha value is -2.79. The fraction of sp³-hybridized carbons (Fsp3) is 0.375. The minimum atomic E-state index is -0.136. The average Bonchev–Trinajstić information content (AvgIpc) is 2.77. The molecule has 0 aliphatic carbocycles. The third-order valence-corrected chi connectivity index (χ3v) is 5.26. The summed E-state index contributed by atoms with van der Waals surface area (Å²) in [5.74, 6) is 1.12. The molecule has 3 rings (SSSR count). The molecule has 29 heavy (non-hydrogen) atoms. The smallest absolute Gasteiger partial charge is 0.244 e. The second-order valence-corrected chi connectivity index (χ2v) is 7.24. The zero-order valence-corrected chi connectivity index (χ0v) is 17.3. The third kappa shape index (κ3) is 5.84. The molecule has 0 saturated carbocycles. The third-order valence-electron chi connectivity index (χ3n) is 5.26. The lowest BCUT2D eigenvalue weighted by Gasteiger charge is -2.27. The van der Waals surface area contributed by atoms with Gasteiger partial charge in [-0.25, -0.2) is 0 Å². The van der Waals surface area contributed by atoms with Crippen LogP contribution in [0.1, 0.15) is 36.0 Å². The Morgan fingerprint density at radius 1 is 1.00 bits per heavy atom. The van der Waals surface area contributed by atoms with Gasteiger partial charge < -0.3 is 14.8 Å². The molecule has 1 saturated heterocycles. The molecular weight excluding hydrogens is 364 g/mol. The normalized spacial score (nSPS) is 14.7. The van der Waals surface area contributed by atoms with E-state index in [1.165, 1.54) is 36.5 Å². The second kappa shape index (κ2) is 10.7. The molecule has 1 aliphatic heterocycles. The monoisotopic (exact) mass is 394 g/mol. The van der Waals surface area contributed by atoms with E-state index in [-0.39, 0.29) is 5.91 Å². The zero-order chi connectivity index (χ0) is 20.5. The minimum absolute atomic E-state index is 0.136. The highest BCUT2D eigenvalue weighted by Crippen LogP contribution is 2.31. The van der Waals surface area contributed by atoms with Crippen LogP contribution in [0.25, 0.3) is 6.08 Å². The molecule has 0 aromatic heterocycles. The van der Waals surface area contributed by atoms with Crippen LogP contribution >= 0.6 is 0 Å². The van der Waals surface area contributed by atoms with Crippen molar-refractivity contribution in [1.29, 1.82) is 0 Å². The van der Waals surface area contributed by atoms with E-state index in [4.69, 9.17) is 9.47 Å². The fourth-order valence-electron chi connectivity index (χ4n) is 3.69. The van der Waals surface area contributed by atoms with Crippen LogP contribution in [0.5, 0.6) is 11.5 Å². The molecule has 1 aliphatic rings. The standard InChI is InChI=1S/C24H30N2O3/c1-28-22-12-8-11-19(24(22)29-2)13-14-23(27)25-17-20-9-4-5-10-21(20)18-26-15-6-3-7-16-26/h4-5,8-14H,3,6-7,15-18H2,1-2H3,(H,25,27)/b14-13+. The Bertz CT molecular complexity index is 842. The molecule has 5 nitrogen and oxygen atoms in total. The minimum Gasteiger partial charge on any atom is -0.493 e. The highest BCUT2D eigenvalue weighted by molar-refractivity contribution is 5.92. The summed E-state index contributed by atoms with van der Waals surface area (Å²) in [6.07, 6.45) is 7.16. The zero-order valence-electron chi connectivity index (χ0n) is 17.3. The molecule has 0 unspecified atom stereocenters. The Kier molecular flexibility index (Phi) is 7.70. The van der Waals surface area contributed by atoms with Crippen molar-refractivity contribution in [2.24, 2.45) is 0 Å². The van der Waals surface area contributed by atoms with E-state index >= 15 is 0 Å². The lowest BCUT2D eigenvalue weighted by Crippen LogP contribution is -2.30. The summed E-state index contributed by atoms with van der Waals surface area (Å²) >= 11 is 0. The van der Waals surface area contributed by atoms with Gasteiger partial charge >= 0.3 is 0 Å². The van der Waals surface area contributed by atoms with Crippen LogP contribution in [0.3, 0.4) is 0 Å². The first kappa shape index (κ1) is 20.9. The molecule has 1 fully saturated rings. The number of likely N-dealkylation sites (tertiary alicyclic amines) is 1. The number of benzene rings is 2. The molecule has 5 heteroatoms. The van der Waals surface area contributed by atoms with Gasteiger partial charge in [0.1, 0.15) is 0 Å². The van der Waals surface area contributed by atoms with Crippen LogP contribution in [0, 0.1) is 0 Å². The highest BCUT2D eigenvalue weighted by atomic mass is 16.5. The van der Waals surface area contributed by atoms with Crippen LogP contribution in [0.15, 0.2) is 48.5 Å². The van der Waals surface area contributed by atoms with E-state index in [2.05, 4.69) is 28.4 Å². The molecule has 2 aromatic rings. The summed E-state index contributed by atoms with van der Waals surface area (Å²) in [5.41, 5.74) is 3.25. The van der Waals surface area contributed by atoms with Gasteiger partial charge in [-0.05, 0) is 49.2 Å². The summed E-state index contributed by atoms with van der Waals surface area (Å²) in [4.78, 5) is 14.9. The van der Waals surface area contributed by atoms with Crippen LogP contribution in [0.2, 0.25) is 0 Å². The Morgan fingerprint density at radius 2 is 1.76 bits per heavy atom. The van der Waals surface area contributed by atoms with Crippen LogP contribution in [-0.2, 0) is 17.9 Å². The lowest BCUT2D eigenvalue weighted by atomic mass is 10.0. The Morgan fingerprint density at radius 3 is 2.48 bits per heavy atom. The largest absolute Gasteiger partial charge is 0.493 e. The van der Waals surface area contributed by atoms with Gasteiger partial charge in [0.05, 0.1) is 14.2 Å². The van der Waals surface area contributed by atoms with E-state index in [9.17, 15) is 4.79 Å². The first-order valence-electron chi connectivity index (χ1n) is 10.2. The number of rotatable bonds is 8. The van der Waals surface area contributed by atoms with E-state index in [0.29, 0.717) is 18.0 Å². The van der Waals surface area contributed by atoms with Crippen molar-refractivity contribution in [3.8, 4) is 11.5 Å². The van der Waals surface area contributed by atoms with Crippen molar-refractivity contribution < 1.29 is 14.3 Å². The summed E-state index contributed by atoms with van der Waals surface area (Å²) in [6, 6.07) is 13.9. The summed E-state index contributed by atoms with van der Waals surface area (Å²) in [7, 11) is 3.19. The van der Waals surface area contributed by atoms with Gasteiger partial charge in [0, 0.05) is 24.7 Å². The maximum atomic E-state index is 12.4. The number of amides is 1. The van der Waals surface area contributed by atoms with Crippen molar-refractivity contribution >= 4 is 12.0 Å². The first-order chi connectivity index (χ1) is 14.2. The van der Waals surface area contributed by atoms with Gasteiger partial charge in [0.15, 0.2) is 11.5 Å². The van der Waals surface area contributed by atoms with Crippen molar-refractivity contribution in [2.75, 3.05) is 27.3 Å². The number of piperidine rings is 1. The molecule has 2 aromatic carbocycles. The Labute approximate surface area is 173 Å². The van der Waals surface area contributed by atoms with E-state index in [0.717, 1.165) is 25.2 Å². The number of carbonyl (C=O) groups is 1. The predicted octanol–water partition coefficient (Wildman–Crippen LogP) is 4.02. The fourth-order valence-corrected chi connectivity index (χ4v) is 3.69. The second-order valence-electron chi connectivity index (χ2n) is 7.24. The highest BCUT2D eigenvalue weighted by Gasteiger charge is 2.12. The molecule has 154 valence electrons. The number of para-hydroxylation sites is 1. The number of carbonyl (C=O) groups excluding carboxylic acids is 1. The number of nitrogens with one attached hydrogen (secondary N) is 1. The van der Waals surface area contributed by atoms with Gasteiger partial charge in [-0.2, -0.15) is 0 Å². The van der Waals surface area contributed by atoms with Crippen LogP contribution in [-0.4, -0.2) is 38.1 Å². The lowest BCUT2D eigenvalue weighted by molar-refractivity contribution is -0.116. The quantitative estimate of drug-likeness (QED) is 0.687. The molecule has 0 atom stereocenters. The predicted molar refractivity (Wildman–Crippen MR) is 116 cm³/mol. The van der Waals surface area contributed by atoms with Gasteiger partial charge in [0.25, 0.3) is 0 Å². The van der Waals surface area contributed by atoms with Crippen molar-refractivity contribution in [2.45, 2.75) is 32.4 Å². The molecular formula is C24H30N2O3. The SMILES string of the molecule is COc1cccc(/C=C/C(=O)NCc2ccccc2CN2CCCCC2)c1OC. The summed E-state index contributed by atoms with van der Waals surface area (Å²) in [5, 5.41) is 3.00. The van der Waals surface area contributed by atoms with Crippen molar-refractivity contribution in [1.82, 2.24) is 10.2 Å². The van der Waals surface area contributed by atoms with E-state index in [1.54, 1.807) is 20.3 Å². The Balaban J connectivity index is 1.60. The molecule has 1 amide bonds. The van der Waals surface area contributed by atoms with Crippen LogP contribution < -0.4 is 14.8 Å². The van der Waals surface area contributed by atoms with Crippen molar-refractivity contribution in [3.63, 3.8) is 0 Å². The number of hydrogen-bond acceptors (Lipinski definition) is 4. The molecule has 0 radical (unpaired) electrons. The van der Waals surface area contributed by atoms with Crippen LogP contribution in [0.4, 0.5) is 0 Å². The van der Waals surface area contributed by atoms with Gasteiger partial charge in [-0.15, -0.1) is 0 Å². The maximum absolute atomic E-state index is 12.4. The first-order valence-corrected chi connectivity index (χ1v) is 10.2. The van der Waals surface area contributed by atoms with Gasteiger partial charge in [-0.1, -0.05) is 42.8 Å². The van der Waals surface area contributed by atoms with E-state index in [1.807, 2.05) is 24.3 Å². The average molecular weight is 395 g/mol. The van der Waals surface area contributed by atoms with Crippen molar-refractivity contribution in [3.05, 3.63) is 65.2 Å². The number of methoxy groups -OCH3 is 2. The molecule has 0 spiro atoms. The molecule has 0 bridgehead atoms. The summed E-state index contributed by atoms with van der Waals surface area (Å²) < 4.78 is 10.7. The maximum Gasteiger partial charge on any atom is 0.244 e. The van der Waals surface area contributed by atoms with Gasteiger partial charge in [-0.3, -0.25) is 9.69 Å². The number of hydrogen-bond donors (Lipinski definition) is 1. The number of nitrogens with zero attached hydrogens (tertiary/aromatic N) is 1. The molecule has 1 N–H and O–H groups in total. The van der Waals surface area contributed by atoms with E-state index < -0.39 is 0 Å². The molecule has 1 heterocycles. The van der Waals surface area contributed by atoms with Gasteiger partial charge in [0.2, 0.25) is 5.91 Å². The topological polar surface area (TPSA) is 50.8 Å². The summed E-state index contributed by atoms with van der Waals surface area (Å²) in [6.45, 7) is 3.78. The number of ether oxygens (including phenoxy) is 2.